The van der Waals surface area contributed by atoms with Crippen molar-refractivity contribution in [1.82, 2.24) is 9.97 Å². The summed E-state index contributed by atoms with van der Waals surface area (Å²) in [6, 6.07) is 5.58. The maximum absolute atomic E-state index is 11.5. The van der Waals surface area contributed by atoms with E-state index in [2.05, 4.69) is 41.8 Å². The van der Waals surface area contributed by atoms with Crippen molar-refractivity contribution in [3.63, 3.8) is 0 Å². The van der Waals surface area contributed by atoms with Gasteiger partial charge < -0.3 is 10.1 Å². The first-order chi connectivity index (χ1) is 7.99. The summed E-state index contributed by atoms with van der Waals surface area (Å²) in [5, 5.41) is 9.50. The summed E-state index contributed by atoms with van der Waals surface area (Å²) in [6.45, 7) is 1.90. The van der Waals surface area contributed by atoms with Gasteiger partial charge in [0.05, 0.1) is 0 Å². The molecule has 2 rings (SSSR count). The topological polar surface area (TPSA) is 66.0 Å². The molecule has 0 atom stereocenters. The minimum atomic E-state index is -0.408. The molecule has 0 aliphatic rings. The number of aromatic amines is 1. The Bertz CT molecular complexity index is 638. The molecule has 0 aliphatic carbocycles. The van der Waals surface area contributed by atoms with Gasteiger partial charge in [-0.15, -0.1) is 0 Å². The number of rotatable bonds is 1. The summed E-state index contributed by atoms with van der Waals surface area (Å²) < 4.78 is 0.985. The van der Waals surface area contributed by atoms with Crippen molar-refractivity contribution in [2.45, 2.75) is 6.92 Å². The maximum atomic E-state index is 11.5. The summed E-state index contributed by atoms with van der Waals surface area (Å²) in [7, 11) is 0. The van der Waals surface area contributed by atoms with Gasteiger partial charge in [0.1, 0.15) is 10.3 Å². The molecular weight excluding hydrogens is 352 g/mol. The minimum Gasteiger partial charge on any atom is -0.492 e. The van der Waals surface area contributed by atoms with Crippen LogP contribution in [0.15, 0.2) is 31.9 Å². The molecule has 88 valence electrons. The largest absolute Gasteiger partial charge is 0.492 e. The van der Waals surface area contributed by atoms with Gasteiger partial charge in [-0.2, -0.15) is 4.98 Å². The molecule has 0 bridgehead atoms. The van der Waals surface area contributed by atoms with Crippen LogP contribution >= 0.6 is 31.9 Å². The summed E-state index contributed by atoms with van der Waals surface area (Å²) >= 11 is 6.31. The highest BCUT2D eigenvalue weighted by molar-refractivity contribution is 9.10. The molecule has 0 aliphatic heterocycles. The molecule has 1 aromatic carbocycles. The van der Waals surface area contributed by atoms with Crippen molar-refractivity contribution >= 4 is 31.9 Å². The van der Waals surface area contributed by atoms with Gasteiger partial charge in [0.2, 0.25) is 5.88 Å². The van der Waals surface area contributed by atoms with E-state index in [-0.39, 0.29) is 10.4 Å². The zero-order valence-corrected chi connectivity index (χ0v) is 12.0. The lowest BCUT2D eigenvalue weighted by atomic mass is 10.1. The zero-order chi connectivity index (χ0) is 12.6. The third-order valence-electron chi connectivity index (χ3n) is 2.29. The Morgan fingerprint density at radius 2 is 2.06 bits per heavy atom. The second-order valence-electron chi connectivity index (χ2n) is 3.51. The quantitative estimate of drug-likeness (QED) is 0.822. The van der Waals surface area contributed by atoms with Gasteiger partial charge in [0.25, 0.3) is 5.56 Å². The lowest BCUT2D eigenvalue weighted by Crippen LogP contribution is -2.10. The monoisotopic (exact) mass is 358 g/mol. The van der Waals surface area contributed by atoms with Crippen LogP contribution in [0.25, 0.3) is 11.4 Å². The van der Waals surface area contributed by atoms with Gasteiger partial charge in [-0.3, -0.25) is 4.79 Å². The van der Waals surface area contributed by atoms with E-state index in [1.807, 2.05) is 25.1 Å². The number of nitrogens with one attached hydrogen (secondary N) is 1. The highest BCUT2D eigenvalue weighted by Gasteiger charge is 2.10. The third-order valence-corrected chi connectivity index (χ3v) is 3.50. The highest BCUT2D eigenvalue weighted by Crippen LogP contribution is 2.25. The predicted octanol–water partition coefficient (Wildman–Crippen LogP) is 2.98. The van der Waals surface area contributed by atoms with Gasteiger partial charge in [0.15, 0.2) is 0 Å². The molecule has 17 heavy (non-hydrogen) atoms. The van der Waals surface area contributed by atoms with E-state index in [0.717, 1.165) is 15.6 Å². The SMILES string of the molecule is Cc1cc(Br)ccc1-c1nc(O)c(Br)c(=O)[nH]1. The fourth-order valence-corrected chi connectivity index (χ4v) is 2.13. The second kappa shape index (κ2) is 4.62. The smallest absolute Gasteiger partial charge is 0.269 e. The lowest BCUT2D eigenvalue weighted by Gasteiger charge is -2.06. The molecule has 0 saturated heterocycles. The molecule has 0 unspecified atom stereocenters. The first-order valence-electron chi connectivity index (χ1n) is 4.74. The van der Waals surface area contributed by atoms with Gasteiger partial charge in [-0.25, -0.2) is 0 Å². The van der Waals surface area contributed by atoms with Gasteiger partial charge in [0, 0.05) is 10.0 Å². The molecular formula is C11H8Br2N2O2. The highest BCUT2D eigenvalue weighted by atomic mass is 79.9. The molecule has 6 heteroatoms. The van der Waals surface area contributed by atoms with Crippen LogP contribution in [0.1, 0.15) is 5.56 Å². The standard InChI is InChI=1S/C11H8Br2N2O2/c1-5-4-6(12)2-3-7(5)9-14-10(16)8(13)11(17)15-9/h2-4H,1H3,(H2,14,15,16,17). The molecule has 4 nitrogen and oxygen atoms in total. The van der Waals surface area contributed by atoms with Gasteiger partial charge in [-0.05, 0) is 46.6 Å². The van der Waals surface area contributed by atoms with Crippen molar-refractivity contribution in [2.24, 2.45) is 0 Å². The van der Waals surface area contributed by atoms with Crippen molar-refractivity contribution in [2.75, 3.05) is 0 Å². The first kappa shape index (κ1) is 12.3. The van der Waals surface area contributed by atoms with Crippen LogP contribution in [-0.2, 0) is 0 Å². The molecule has 0 spiro atoms. The van der Waals surface area contributed by atoms with Crippen LogP contribution < -0.4 is 5.56 Å². The Morgan fingerprint density at radius 1 is 1.35 bits per heavy atom. The molecule has 0 fully saturated rings. The number of aromatic hydroxyl groups is 1. The number of aryl methyl sites for hydroxylation is 1. The average Bonchev–Trinajstić information content (AvgIpc) is 2.25. The zero-order valence-electron chi connectivity index (χ0n) is 8.79. The van der Waals surface area contributed by atoms with Gasteiger partial charge >= 0.3 is 0 Å². The van der Waals surface area contributed by atoms with E-state index >= 15 is 0 Å². The van der Waals surface area contributed by atoms with Crippen LogP contribution in [0.4, 0.5) is 0 Å². The Balaban J connectivity index is 2.65. The van der Waals surface area contributed by atoms with Crippen LogP contribution in [0.2, 0.25) is 0 Å². The Kier molecular flexibility index (Phi) is 3.35. The number of hydrogen-bond donors (Lipinski definition) is 2. The van der Waals surface area contributed by atoms with Crippen molar-refractivity contribution in [3.8, 4) is 17.3 Å². The van der Waals surface area contributed by atoms with E-state index in [1.54, 1.807) is 0 Å². The second-order valence-corrected chi connectivity index (χ2v) is 5.22. The number of H-pyrrole nitrogens is 1. The summed E-state index contributed by atoms with van der Waals surface area (Å²) in [6.07, 6.45) is 0. The van der Waals surface area contributed by atoms with Crippen LogP contribution in [0.3, 0.4) is 0 Å². The maximum Gasteiger partial charge on any atom is 0.269 e. The minimum absolute atomic E-state index is 0.0380. The molecule has 2 aromatic rings. The third kappa shape index (κ3) is 2.42. The Morgan fingerprint density at radius 3 is 2.65 bits per heavy atom. The van der Waals surface area contributed by atoms with E-state index < -0.39 is 5.56 Å². The molecule has 1 heterocycles. The summed E-state index contributed by atoms with van der Waals surface area (Å²) in [5.41, 5.74) is 1.31. The molecule has 1 aromatic heterocycles. The molecule has 0 saturated carbocycles. The normalized spacial score (nSPS) is 10.5. The van der Waals surface area contributed by atoms with E-state index in [4.69, 9.17) is 0 Å². The number of benzene rings is 1. The predicted molar refractivity (Wildman–Crippen MR) is 72.1 cm³/mol. The number of nitrogens with zero attached hydrogens (tertiary/aromatic N) is 1. The van der Waals surface area contributed by atoms with E-state index in [0.29, 0.717) is 5.82 Å². The fraction of sp³-hybridized carbons (Fsp3) is 0.0909. The first-order valence-corrected chi connectivity index (χ1v) is 6.33. The van der Waals surface area contributed by atoms with Crippen molar-refractivity contribution in [3.05, 3.63) is 43.1 Å². The molecule has 2 N–H and O–H groups in total. The van der Waals surface area contributed by atoms with Crippen LogP contribution in [0, 0.1) is 6.92 Å². The van der Waals surface area contributed by atoms with Crippen molar-refractivity contribution in [1.29, 1.82) is 0 Å². The fourth-order valence-electron chi connectivity index (χ4n) is 1.47. The summed E-state index contributed by atoms with van der Waals surface area (Å²) in [4.78, 5) is 18.0. The van der Waals surface area contributed by atoms with E-state index in [1.165, 1.54) is 0 Å². The van der Waals surface area contributed by atoms with Gasteiger partial charge in [-0.1, -0.05) is 15.9 Å². The lowest BCUT2D eigenvalue weighted by molar-refractivity contribution is 0.448. The van der Waals surface area contributed by atoms with Crippen LogP contribution in [0.5, 0.6) is 5.88 Å². The average molecular weight is 360 g/mol. The number of halogens is 2. The number of hydrogen-bond acceptors (Lipinski definition) is 3. The van der Waals surface area contributed by atoms with Crippen LogP contribution in [-0.4, -0.2) is 15.1 Å². The van der Waals surface area contributed by atoms with Crippen molar-refractivity contribution < 1.29 is 5.11 Å². The Labute approximate surface area is 114 Å². The molecule has 0 radical (unpaired) electrons. The molecule has 0 amide bonds. The summed E-state index contributed by atoms with van der Waals surface area (Å²) in [5.74, 6) is 0.0340. The van der Waals surface area contributed by atoms with E-state index in [9.17, 15) is 9.90 Å². The number of aromatic nitrogens is 2. The Hall–Kier alpha value is -1.14.